The summed E-state index contributed by atoms with van der Waals surface area (Å²) in [5.74, 6) is 0.765. The number of thiophene rings is 2. The number of amides is 1. The molecule has 132 valence electrons. The molecule has 0 saturated heterocycles. The van der Waals surface area contributed by atoms with Gasteiger partial charge in [0.25, 0.3) is 5.91 Å². The Balaban J connectivity index is 1.63. The van der Waals surface area contributed by atoms with E-state index in [1.165, 1.54) is 11.3 Å². The third kappa shape index (κ3) is 3.65. The average Bonchev–Trinajstić information content (AvgIpc) is 3.41. The van der Waals surface area contributed by atoms with Crippen LogP contribution in [0.4, 0.5) is 0 Å². The van der Waals surface area contributed by atoms with Crippen LogP contribution in [0.2, 0.25) is 0 Å². The molecule has 0 unspecified atom stereocenters. The molecule has 0 bridgehead atoms. The fourth-order valence-corrected chi connectivity index (χ4v) is 5.09. The Hall–Kier alpha value is -2.22. The Morgan fingerprint density at radius 2 is 2.12 bits per heavy atom. The Kier molecular flexibility index (Phi) is 5.01. The van der Waals surface area contributed by atoms with Crippen LogP contribution in [0.1, 0.15) is 26.0 Å². The second-order valence-corrected chi connectivity index (χ2v) is 8.58. The van der Waals surface area contributed by atoms with Crippen molar-refractivity contribution < 1.29 is 9.21 Å². The largest absolute Gasteiger partial charge is 0.467 e. The minimum atomic E-state index is -0.00807. The van der Waals surface area contributed by atoms with Gasteiger partial charge in [0.2, 0.25) is 0 Å². The van der Waals surface area contributed by atoms with Gasteiger partial charge < -0.3 is 9.32 Å². The summed E-state index contributed by atoms with van der Waals surface area (Å²) in [5, 5.41) is 6.99. The molecule has 0 fully saturated rings. The Labute approximate surface area is 163 Å². The molecule has 0 N–H and O–H groups in total. The molecule has 0 aliphatic rings. The van der Waals surface area contributed by atoms with Gasteiger partial charge >= 0.3 is 0 Å². The average molecular weight is 401 g/mol. The summed E-state index contributed by atoms with van der Waals surface area (Å²) in [5.41, 5.74) is 1.84. The van der Waals surface area contributed by atoms with Crippen molar-refractivity contribution in [2.24, 2.45) is 0 Å². The topological polar surface area (TPSA) is 46.3 Å². The second-order valence-electron chi connectivity index (χ2n) is 5.77. The van der Waals surface area contributed by atoms with Crippen molar-refractivity contribution in [1.29, 1.82) is 0 Å². The van der Waals surface area contributed by atoms with Gasteiger partial charge in [-0.1, -0.05) is 6.07 Å². The predicted molar refractivity (Wildman–Crippen MR) is 107 cm³/mol. The van der Waals surface area contributed by atoms with Crippen molar-refractivity contribution in [3.05, 3.63) is 73.9 Å². The zero-order valence-corrected chi connectivity index (χ0v) is 16.5. The van der Waals surface area contributed by atoms with Crippen LogP contribution in [0.15, 0.2) is 57.2 Å². The molecule has 4 aromatic rings. The number of hydrogen-bond donors (Lipinski definition) is 0. The first-order valence-corrected chi connectivity index (χ1v) is 10.7. The van der Waals surface area contributed by atoms with Gasteiger partial charge in [0, 0.05) is 15.8 Å². The lowest BCUT2D eigenvalue weighted by molar-refractivity contribution is 0.0723. The summed E-state index contributed by atoms with van der Waals surface area (Å²) in [6, 6.07) is 9.82. The van der Waals surface area contributed by atoms with Gasteiger partial charge in [0.15, 0.2) is 0 Å². The molecule has 7 heteroatoms. The van der Waals surface area contributed by atoms with Gasteiger partial charge in [0.1, 0.15) is 15.6 Å². The van der Waals surface area contributed by atoms with Crippen LogP contribution in [-0.4, -0.2) is 15.8 Å². The lowest BCUT2D eigenvalue weighted by atomic mass is 10.3. The quantitative estimate of drug-likeness (QED) is 0.418. The number of nitrogens with zero attached hydrogens (tertiary/aromatic N) is 2. The monoisotopic (exact) mass is 400 g/mol. The fourth-order valence-electron chi connectivity index (χ4n) is 2.63. The van der Waals surface area contributed by atoms with Gasteiger partial charge in [-0.3, -0.25) is 4.79 Å². The molecule has 1 amide bonds. The van der Waals surface area contributed by atoms with Crippen LogP contribution >= 0.6 is 34.0 Å². The molecule has 0 atom stereocenters. The van der Waals surface area contributed by atoms with Crippen LogP contribution in [0.5, 0.6) is 0 Å². The van der Waals surface area contributed by atoms with Crippen LogP contribution in [0.25, 0.3) is 10.6 Å². The minimum absolute atomic E-state index is 0.00807. The van der Waals surface area contributed by atoms with E-state index in [4.69, 9.17) is 4.42 Å². The van der Waals surface area contributed by atoms with Crippen molar-refractivity contribution in [2.45, 2.75) is 20.0 Å². The van der Waals surface area contributed by atoms with E-state index in [-0.39, 0.29) is 5.91 Å². The molecule has 0 spiro atoms. The maximum absolute atomic E-state index is 13.3. The van der Waals surface area contributed by atoms with E-state index >= 15 is 0 Å². The third-order valence-corrected chi connectivity index (χ3v) is 6.64. The summed E-state index contributed by atoms with van der Waals surface area (Å²) in [6.07, 6.45) is 1.63. The van der Waals surface area contributed by atoms with Crippen molar-refractivity contribution in [3.63, 3.8) is 0 Å². The van der Waals surface area contributed by atoms with E-state index in [1.807, 2.05) is 52.9 Å². The summed E-state index contributed by atoms with van der Waals surface area (Å²) in [7, 11) is 0. The minimum Gasteiger partial charge on any atom is -0.467 e. The molecule has 0 saturated carbocycles. The number of rotatable bonds is 6. The molecule has 26 heavy (non-hydrogen) atoms. The summed E-state index contributed by atoms with van der Waals surface area (Å²) < 4.78 is 5.46. The first-order chi connectivity index (χ1) is 12.7. The standard InChI is InChI=1S/C19H16N2O2S3/c1-13-17(26-18(20-13)14-6-9-24-12-14)19(22)21(10-15-4-2-7-23-15)11-16-5-3-8-25-16/h2-9,12H,10-11H2,1H3. The first-order valence-electron chi connectivity index (χ1n) is 8.05. The number of aryl methyl sites for hydroxylation is 1. The Bertz CT molecular complexity index is 934. The van der Waals surface area contributed by atoms with E-state index in [2.05, 4.69) is 10.4 Å². The fraction of sp³-hybridized carbons (Fsp3) is 0.158. The van der Waals surface area contributed by atoms with Crippen molar-refractivity contribution in [1.82, 2.24) is 9.88 Å². The lowest BCUT2D eigenvalue weighted by Gasteiger charge is -2.20. The van der Waals surface area contributed by atoms with E-state index < -0.39 is 0 Å². The summed E-state index contributed by atoms with van der Waals surface area (Å²) >= 11 is 4.73. The lowest BCUT2D eigenvalue weighted by Crippen LogP contribution is -2.29. The van der Waals surface area contributed by atoms with Crippen LogP contribution in [0.3, 0.4) is 0 Å². The van der Waals surface area contributed by atoms with Crippen LogP contribution < -0.4 is 0 Å². The highest BCUT2D eigenvalue weighted by Gasteiger charge is 2.23. The van der Waals surface area contributed by atoms with Gasteiger partial charge in [-0.05, 0) is 41.9 Å². The number of carbonyl (C=O) groups is 1. The highest BCUT2D eigenvalue weighted by molar-refractivity contribution is 7.17. The SMILES string of the molecule is Cc1nc(-c2ccsc2)sc1C(=O)N(Cc1ccco1)Cc1cccs1. The number of hydrogen-bond acceptors (Lipinski definition) is 6. The van der Waals surface area contributed by atoms with Gasteiger partial charge in [0.05, 0.1) is 25.0 Å². The normalized spacial score (nSPS) is 11.0. The number of carbonyl (C=O) groups excluding carboxylic acids is 1. The van der Waals surface area contributed by atoms with Crippen molar-refractivity contribution >= 4 is 39.9 Å². The number of thiazole rings is 1. The van der Waals surface area contributed by atoms with Crippen LogP contribution in [0, 0.1) is 6.92 Å². The summed E-state index contributed by atoms with van der Waals surface area (Å²) in [4.78, 5) is 21.5. The smallest absolute Gasteiger partial charge is 0.266 e. The highest BCUT2D eigenvalue weighted by atomic mass is 32.1. The molecule has 0 aliphatic heterocycles. The Morgan fingerprint density at radius 3 is 2.81 bits per heavy atom. The predicted octanol–water partition coefficient (Wildman–Crippen LogP) is 5.68. The molecule has 4 rings (SSSR count). The number of furan rings is 1. The molecule has 0 aliphatic carbocycles. The second kappa shape index (κ2) is 7.57. The summed E-state index contributed by atoms with van der Waals surface area (Å²) in [6.45, 7) is 2.90. The highest BCUT2D eigenvalue weighted by Crippen LogP contribution is 2.31. The van der Waals surface area contributed by atoms with Gasteiger partial charge in [-0.15, -0.1) is 22.7 Å². The van der Waals surface area contributed by atoms with Crippen molar-refractivity contribution in [3.8, 4) is 10.6 Å². The third-order valence-electron chi connectivity index (χ3n) is 3.90. The maximum atomic E-state index is 13.3. The molecule has 4 heterocycles. The van der Waals surface area contributed by atoms with E-state index in [9.17, 15) is 4.79 Å². The van der Waals surface area contributed by atoms with Crippen LogP contribution in [-0.2, 0) is 13.1 Å². The molecule has 0 aromatic carbocycles. The Morgan fingerprint density at radius 1 is 1.19 bits per heavy atom. The molecule has 0 radical (unpaired) electrons. The van der Waals surface area contributed by atoms with Gasteiger partial charge in [-0.2, -0.15) is 11.3 Å². The molecule has 4 nitrogen and oxygen atoms in total. The van der Waals surface area contributed by atoms with E-state index in [0.29, 0.717) is 18.0 Å². The maximum Gasteiger partial charge on any atom is 0.266 e. The molecular formula is C19H16N2O2S3. The molecule has 4 aromatic heterocycles. The van der Waals surface area contributed by atoms with E-state index in [0.717, 1.165) is 26.9 Å². The zero-order valence-electron chi connectivity index (χ0n) is 14.0. The molecular weight excluding hydrogens is 384 g/mol. The zero-order chi connectivity index (χ0) is 17.9. The van der Waals surface area contributed by atoms with Crippen molar-refractivity contribution in [2.75, 3.05) is 0 Å². The van der Waals surface area contributed by atoms with Gasteiger partial charge in [-0.25, -0.2) is 4.98 Å². The first kappa shape index (κ1) is 17.2. The number of aromatic nitrogens is 1. The van der Waals surface area contributed by atoms with E-state index in [1.54, 1.807) is 28.9 Å².